The lowest BCUT2D eigenvalue weighted by Crippen LogP contribution is -2.59. The van der Waals surface area contributed by atoms with Crippen molar-refractivity contribution in [3.05, 3.63) is 41.7 Å². The standard InChI is InChI=1S/C36H46ClN5O9S/c1-5-21-14-20(2)8-6-7-9-22-17-36(22,33(45)41-52(48,49)35(3)12-13-35)40-31(43)27-16-24(19-42(27)32(44)29(21)39-34(46)47)51-28-18-38-30(37)25-11-10-23(50-4)15-26(25)28/h7,9-11,15,18,20-22,24,27,29,39H,5-6,8,12-14,16-17,19H2,1-4H3,(H,40,43)(H,41,45)(H,46,47)/t20-,21-,22-,24-,27+,29+,36-/m1/s1. The molecule has 1 aromatic carbocycles. The number of hydrogen-bond donors (Lipinski definition) is 4. The molecule has 0 spiro atoms. The minimum Gasteiger partial charge on any atom is -0.497 e. The monoisotopic (exact) mass is 759 g/mol. The van der Waals surface area contributed by atoms with Gasteiger partial charge in [0.1, 0.15) is 40.4 Å². The van der Waals surface area contributed by atoms with Gasteiger partial charge in [0.25, 0.3) is 5.91 Å². The first kappa shape index (κ1) is 37.6. The van der Waals surface area contributed by atoms with Gasteiger partial charge in [-0.2, -0.15) is 0 Å². The van der Waals surface area contributed by atoms with Crippen LogP contribution in [0.1, 0.15) is 72.1 Å². The van der Waals surface area contributed by atoms with Crippen LogP contribution in [0.2, 0.25) is 5.15 Å². The summed E-state index contributed by atoms with van der Waals surface area (Å²) in [6.07, 6.45) is 6.57. The van der Waals surface area contributed by atoms with Gasteiger partial charge < -0.3 is 30.1 Å². The van der Waals surface area contributed by atoms with Crippen molar-refractivity contribution in [1.29, 1.82) is 0 Å². The molecule has 282 valence electrons. The molecule has 6 rings (SSSR count). The van der Waals surface area contributed by atoms with Crippen molar-refractivity contribution in [3.8, 4) is 11.5 Å². The maximum atomic E-state index is 14.5. The Bertz CT molecular complexity index is 1900. The van der Waals surface area contributed by atoms with Crippen LogP contribution in [0.3, 0.4) is 0 Å². The van der Waals surface area contributed by atoms with Gasteiger partial charge in [-0.1, -0.05) is 44.0 Å². The number of methoxy groups -OCH3 is 1. The number of carbonyl (C=O) groups is 4. The summed E-state index contributed by atoms with van der Waals surface area (Å²) in [7, 11) is -2.48. The molecule has 14 nitrogen and oxygen atoms in total. The molecule has 2 aromatic rings. The third-order valence-corrected chi connectivity index (χ3v) is 13.6. The van der Waals surface area contributed by atoms with Gasteiger partial charge in [0.2, 0.25) is 21.8 Å². The number of carboxylic acid groups (broad SMARTS) is 1. The molecule has 3 heterocycles. The molecule has 2 saturated carbocycles. The normalized spacial score (nSPS) is 30.2. The van der Waals surface area contributed by atoms with E-state index in [1.165, 1.54) is 18.2 Å². The van der Waals surface area contributed by atoms with Crippen molar-refractivity contribution < 1.29 is 42.2 Å². The molecule has 7 atom stereocenters. The Morgan fingerprint density at radius 3 is 2.62 bits per heavy atom. The van der Waals surface area contributed by atoms with Crippen molar-refractivity contribution >= 4 is 56.2 Å². The number of halogens is 1. The molecule has 3 fully saturated rings. The Hall–Kier alpha value is -4.11. The van der Waals surface area contributed by atoms with E-state index in [4.69, 9.17) is 21.1 Å². The third-order valence-electron chi connectivity index (χ3n) is 11.2. The van der Waals surface area contributed by atoms with Crippen molar-refractivity contribution in [2.24, 2.45) is 17.8 Å². The lowest BCUT2D eigenvalue weighted by Gasteiger charge is -2.33. The van der Waals surface area contributed by atoms with E-state index in [9.17, 15) is 32.7 Å². The van der Waals surface area contributed by atoms with Gasteiger partial charge >= 0.3 is 6.09 Å². The summed E-state index contributed by atoms with van der Waals surface area (Å²) < 4.78 is 39.3. The molecular weight excluding hydrogens is 714 g/mol. The molecule has 2 aliphatic carbocycles. The fraction of sp³-hybridized carbons (Fsp3) is 0.583. The highest BCUT2D eigenvalue weighted by atomic mass is 35.5. The minimum atomic E-state index is -4.01. The summed E-state index contributed by atoms with van der Waals surface area (Å²) in [6.45, 7) is 5.43. The van der Waals surface area contributed by atoms with E-state index in [1.54, 1.807) is 25.1 Å². The summed E-state index contributed by atoms with van der Waals surface area (Å²) in [5.41, 5.74) is -1.55. The summed E-state index contributed by atoms with van der Waals surface area (Å²) in [4.78, 5) is 60.4. The van der Waals surface area contributed by atoms with Crippen LogP contribution in [0.4, 0.5) is 4.79 Å². The van der Waals surface area contributed by atoms with Gasteiger partial charge in [-0.15, -0.1) is 0 Å². The second-order valence-electron chi connectivity index (χ2n) is 14.9. The molecule has 0 radical (unpaired) electrons. The zero-order chi connectivity index (χ0) is 37.6. The van der Waals surface area contributed by atoms with Crippen LogP contribution in [0.15, 0.2) is 36.5 Å². The van der Waals surface area contributed by atoms with E-state index in [1.807, 2.05) is 26.0 Å². The van der Waals surface area contributed by atoms with Gasteiger partial charge in [-0.05, 0) is 75.5 Å². The fourth-order valence-corrected chi connectivity index (χ4v) is 9.04. The number of nitrogens with zero attached hydrogens (tertiary/aromatic N) is 2. The van der Waals surface area contributed by atoms with Crippen molar-refractivity contribution in [3.63, 3.8) is 0 Å². The zero-order valence-electron chi connectivity index (χ0n) is 29.7. The average Bonchev–Trinajstić information content (AvgIpc) is 3.98. The molecule has 0 unspecified atom stereocenters. The van der Waals surface area contributed by atoms with Crippen LogP contribution < -0.4 is 24.8 Å². The van der Waals surface area contributed by atoms with E-state index in [0.717, 1.165) is 6.42 Å². The molecule has 1 saturated heterocycles. The van der Waals surface area contributed by atoms with E-state index in [2.05, 4.69) is 20.3 Å². The number of ether oxygens (including phenoxy) is 2. The van der Waals surface area contributed by atoms with Gasteiger partial charge in [-0.3, -0.25) is 19.1 Å². The maximum Gasteiger partial charge on any atom is 0.405 e. The highest BCUT2D eigenvalue weighted by Crippen LogP contribution is 2.48. The Morgan fingerprint density at radius 1 is 1.19 bits per heavy atom. The van der Waals surface area contributed by atoms with Crippen LogP contribution in [-0.2, 0) is 24.4 Å². The average molecular weight is 760 g/mol. The molecule has 1 aromatic heterocycles. The first-order valence-electron chi connectivity index (χ1n) is 17.8. The summed E-state index contributed by atoms with van der Waals surface area (Å²) in [5.74, 6) is -1.92. The minimum absolute atomic E-state index is 0.00672. The SMILES string of the molecule is CC[C@@H]1C[C@H](C)CCC=C[C@@H]2C[C@@]2(C(=O)NS(=O)(=O)C2(C)CC2)NC(=O)[C@@H]2C[C@@H](Oc3cnc(Cl)c4ccc(OC)cc34)CN2C(=O)[C@H]1NC(=O)O. The second kappa shape index (κ2) is 14.4. The quantitative estimate of drug-likeness (QED) is 0.224. The van der Waals surface area contributed by atoms with Crippen molar-refractivity contribution in [2.75, 3.05) is 13.7 Å². The number of aromatic nitrogens is 1. The predicted octanol–water partition coefficient (Wildman–Crippen LogP) is 4.16. The molecule has 4 amide bonds. The molecule has 52 heavy (non-hydrogen) atoms. The number of nitrogens with one attached hydrogen (secondary N) is 3. The molecular formula is C36H46ClN5O9S. The Balaban J connectivity index is 1.36. The Morgan fingerprint density at radius 2 is 1.94 bits per heavy atom. The van der Waals surface area contributed by atoms with Crippen LogP contribution in [0.5, 0.6) is 11.5 Å². The van der Waals surface area contributed by atoms with Crippen molar-refractivity contribution in [1.82, 2.24) is 25.2 Å². The van der Waals surface area contributed by atoms with Gasteiger partial charge in [0.15, 0.2) is 0 Å². The highest BCUT2D eigenvalue weighted by Gasteiger charge is 2.63. The molecule has 4 aliphatic rings. The maximum absolute atomic E-state index is 14.5. The molecule has 0 bridgehead atoms. The van der Waals surface area contributed by atoms with Crippen LogP contribution >= 0.6 is 11.6 Å². The largest absolute Gasteiger partial charge is 0.497 e. The van der Waals surface area contributed by atoms with E-state index in [-0.39, 0.29) is 36.4 Å². The molecule has 16 heteroatoms. The topological polar surface area (TPSA) is 193 Å². The smallest absolute Gasteiger partial charge is 0.405 e. The van der Waals surface area contributed by atoms with Gasteiger partial charge in [0.05, 0.1) is 24.6 Å². The Kier molecular flexibility index (Phi) is 10.4. The lowest BCUT2D eigenvalue weighted by molar-refractivity contribution is -0.142. The first-order valence-corrected chi connectivity index (χ1v) is 19.6. The molecule has 4 N–H and O–H groups in total. The summed E-state index contributed by atoms with van der Waals surface area (Å²) >= 11 is 6.38. The van der Waals surface area contributed by atoms with Crippen LogP contribution in [-0.4, -0.2) is 89.4 Å². The number of rotatable bonds is 8. The van der Waals surface area contributed by atoms with Gasteiger partial charge in [-0.25, -0.2) is 18.2 Å². The highest BCUT2D eigenvalue weighted by molar-refractivity contribution is 7.91. The second-order valence-corrected chi connectivity index (χ2v) is 17.5. The summed E-state index contributed by atoms with van der Waals surface area (Å²) in [6, 6.07) is 2.89. The lowest BCUT2D eigenvalue weighted by atomic mass is 9.85. The Labute approximate surface area is 308 Å². The van der Waals surface area contributed by atoms with Crippen LogP contribution in [0, 0.1) is 17.8 Å². The number of pyridine rings is 1. The van der Waals surface area contributed by atoms with E-state index < -0.39 is 68.2 Å². The van der Waals surface area contributed by atoms with Crippen molar-refractivity contribution in [2.45, 2.75) is 101 Å². The number of amides is 4. The number of hydrogen-bond acceptors (Lipinski definition) is 9. The zero-order valence-corrected chi connectivity index (χ0v) is 31.3. The molecule has 2 aliphatic heterocycles. The van der Waals surface area contributed by atoms with E-state index >= 15 is 0 Å². The van der Waals surface area contributed by atoms with Crippen LogP contribution in [0.25, 0.3) is 10.8 Å². The van der Waals surface area contributed by atoms with E-state index in [0.29, 0.717) is 54.4 Å². The number of sulfonamides is 1. The summed E-state index contributed by atoms with van der Waals surface area (Å²) in [5, 5.41) is 16.6. The number of fused-ring (bicyclic) bond motifs is 3. The number of benzene rings is 1. The third kappa shape index (κ3) is 7.39. The first-order chi connectivity index (χ1) is 24.6. The van der Waals surface area contributed by atoms with Gasteiger partial charge in [0, 0.05) is 23.1 Å². The number of allylic oxidation sites excluding steroid dienone is 1. The predicted molar refractivity (Wildman–Crippen MR) is 192 cm³/mol. The fourth-order valence-electron chi connectivity index (χ4n) is 7.51. The number of carbonyl (C=O) groups excluding carboxylic acids is 3.